The van der Waals surface area contributed by atoms with E-state index in [0.717, 1.165) is 30.9 Å². The number of rotatable bonds is 2. The number of aromatic nitrogens is 3. The van der Waals surface area contributed by atoms with E-state index in [1.807, 2.05) is 19.9 Å². The number of halogens is 1. The standard InChI is InChI=1S/C16H20ClN5O/c1-11-10-12(2)22(20-11)14-5-4-13(17)15(19-14)16(23)21-8-3-6-18-7-9-21/h4-5,10,18H,3,6-9H2,1-2H3. The van der Waals surface area contributed by atoms with Gasteiger partial charge >= 0.3 is 0 Å². The minimum Gasteiger partial charge on any atom is -0.336 e. The Morgan fingerprint density at radius 3 is 2.83 bits per heavy atom. The van der Waals surface area contributed by atoms with Crippen LogP contribution >= 0.6 is 11.6 Å². The maximum atomic E-state index is 12.8. The third-order valence-corrected chi connectivity index (χ3v) is 4.19. The monoisotopic (exact) mass is 333 g/mol. The fourth-order valence-electron chi connectivity index (χ4n) is 2.76. The third kappa shape index (κ3) is 3.38. The summed E-state index contributed by atoms with van der Waals surface area (Å²) in [5, 5.41) is 8.07. The fourth-order valence-corrected chi connectivity index (χ4v) is 2.95. The molecule has 0 saturated carbocycles. The molecule has 1 aliphatic heterocycles. The second-order valence-corrected chi connectivity index (χ2v) is 6.14. The van der Waals surface area contributed by atoms with Gasteiger partial charge in [0, 0.05) is 25.3 Å². The Morgan fingerprint density at radius 1 is 1.26 bits per heavy atom. The zero-order chi connectivity index (χ0) is 16.4. The van der Waals surface area contributed by atoms with Crippen LogP contribution in [-0.4, -0.2) is 51.8 Å². The Morgan fingerprint density at radius 2 is 2.09 bits per heavy atom. The smallest absolute Gasteiger partial charge is 0.274 e. The van der Waals surface area contributed by atoms with E-state index in [4.69, 9.17) is 11.6 Å². The van der Waals surface area contributed by atoms with E-state index in [-0.39, 0.29) is 5.91 Å². The highest BCUT2D eigenvalue weighted by molar-refractivity contribution is 6.33. The molecule has 0 atom stereocenters. The van der Waals surface area contributed by atoms with Crippen molar-refractivity contribution in [2.75, 3.05) is 26.2 Å². The summed E-state index contributed by atoms with van der Waals surface area (Å²) in [6.45, 7) is 6.99. The first kappa shape index (κ1) is 16.0. The van der Waals surface area contributed by atoms with Gasteiger partial charge in [0.2, 0.25) is 0 Å². The molecule has 3 rings (SSSR count). The maximum Gasteiger partial charge on any atom is 0.274 e. The normalized spacial score (nSPS) is 15.5. The first-order valence-corrected chi connectivity index (χ1v) is 8.14. The summed E-state index contributed by atoms with van der Waals surface area (Å²) in [6.07, 6.45) is 0.931. The van der Waals surface area contributed by atoms with Crippen LogP contribution in [0.1, 0.15) is 28.3 Å². The molecule has 1 aliphatic rings. The number of carbonyl (C=O) groups excluding carboxylic acids is 1. The van der Waals surface area contributed by atoms with Crippen molar-refractivity contribution in [2.24, 2.45) is 0 Å². The van der Waals surface area contributed by atoms with E-state index < -0.39 is 0 Å². The molecule has 23 heavy (non-hydrogen) atoms. The van der Waals surface area contributed by atoms with E-state index in [1.165, 1.54) is 0 Å². The highest BCUT2D eigenvalue weighted by Gasteiger charge is 2.22. The number of amides is 1. The van der Waals surface area contributed by atoms with Crippen molar-refractivity contribution >= 4 is 17.5 Å². The zero-order valence-electron chi connectivity index (χ0n) is 13.3. The number of nitrogens with zero attached hydrogens (tertiary/aromatic N) is 4. The lowest BCUT2D eigenvalue weighted by Crippen LogP contribution is -2.35. The summed E-state index contributed by atoms with van der Waals surface area (Å²) in [5.41, 5.74) is 2.17. The van der Waals surface area contributed by atoms with Crippen molar-refractivity contribution in [3.63, 3.8) is 0 Å². The van der Waals surface area contributed by atoms with Crippen molar-refractivity contribution in [1.29, 1.82) is 0 Å². The van der Waals surface area contributed by atoms with Gasteiger partial charge in [0.1, 0.15) is 5.69 Å². The van der Waals surface area contributed by atoms with Gasteiger partial charge in [0.05, 0.1) is 10.7 Å². The first-order chi connectivity index (χ1) is 11.1. The SMILES string of the molecule is Cc1cc(C)n(-c2ccc(Cl)c(C(=O)N3CCCNCC3)n2)n1. The molecule has 0 spiro atoms. The molecule has 1 amide bonds. The van der Waals surface area contributed by atoms with Crippen molar-refractivity contribution in [1.82, 2.24) is 25.0 Å². The number of hydrogen-bond donors (Lipinski definition) is 1. The molecule has 7 heteroatoms. The average Bonchev–Trinajstić information content (AvgIpc) is 2.74. The molecule has 2 aromatic heterocycles. The van der Waals surface area contributed by atoms with Gasteiger partial charge in [-0.15, -0.1) is 0 Å². The van der Waals surface area contributed by atoms with Crippen LogP contribution in [0.3, 0.4) is 0 Å². The molecule has 3 heterocycles. The Hall–Kier alpha value is -1.92. The number of nitrogens with one attached hydrogen (secondary N) is 1. The Bertz CT molecular complexity index is 719. The number of hydrogen-bond acceptors (Lipinski definition) is 4. The highest BCUT2D eigenvalue weighted by Crippen LogP contribution is 2.19. The third-order valence-electron chi connectivity index (χ3n) is 3.89. The van der Waals surface area contributed by atoms with E-state index in [9.17, 15) is 4.79 Å². The lowest BCUT2D eigenvalue weighted by Gasteiger charge is -2.20. The van der Waals surface area contributed by atoms with Crippen LogP contribution in [0.25, 0.3) is 5.82 Å². The number of aryl methyl sites for hydroxylation is 2. The second kappa shape index (κ2) is 6.68. The van der Waals surface area contributed by atoms with Gasteiger partial charge in [-0.3, -0.25) is 4.79 Å². The molecule has 1 fully saturated rings. The second-order valence-electron chi connectivity index (χ2n) is 5.73. The van der Waals surface area contributed by atoms with Crippen LogP contribution in [0.2, 0.25) is 5.02 Å². The Kier molecular flexibility index (Phi) is 4.63. The van der Waals surface area contributed by atoms with Gasteiger partial charge in [-0.05, 0) is 45.0 Å². The minimum atomic E-state index is -0.123. The highest BCUT2D eigenvalue weighted by atomic mass is 35.5. The molecule has 0 radical (unpaired) electrons. The molecule has 1 N–H and O–H groups in total. The van der Waals surface area contributed by atoms with Gasteiger partial charge < -0.3 is 10.2 Å². The van der Waals surface area contributed by atoms with Crippen LogP contribution in [0.5, 0.6) is 0 Å². The molecule has 0 bridgehead atoms. The largest absolute Gasteiger partial charge is 0.336 e. The molecule has 0 aliphatic carbocycles. The lowest BCUT2D eigenvalue weighted by atomic mass is 10.3. The summed E-state index contributed by atoms with van der Waals surface area (Å²) >= 11 is 6.23. The van der Waals surface area contributed by atoms with Crippen molar-refractivity contribution in [3.05, 3.63) is 40.3 Å². The molecule has 6 nitrogen and oxygen atoms in total. The minimum absolute atomic E-state index is 0.123. The van der Waals surface area contributed by atoms with E-state index in [0.29, 0.717) is 29.6 Å². The van der Waals surface area contributed by atoms with E-state index in [2.05, 4.69) is 15.4 Å². The van der Waals surface area contributed by atoms with E-state index >= 15 is 0 Å². The van der Waals surface area contributed by atoms with Crippen molar-refractivity contribution in [3.8, 4) is 5.82 Å². The Labute approximate surface area is 140 Å². The quantitative estimate of drug-likeness (QED) is 0.912. The summed E-state index contributed by atoms with van der Waals surface area (Å²) in [6, 6.07) is 5.46. The number of pyridine rings is 1. The van der Waals surface area contributed by atoms with Crippen LogP contribution < -0.4 is 5.32 Å². The average molecular weight is 334 g/mol. The molecular formula is C16H20ClN5O. The molecule has 1 saturated heterocycles. The van der Waals surface area contributed by atoms with Crippen LogP contribution in [0.4, 0.5) is 0 Å². The summed E-state index contributed by atoms with van der Waals surface area (Å²) < 4.78 is 1.73. The zero-order valence-corrected chi connectivity index (χ0v) is 14.1. The van der Waals surface area contributed by atoms with E-state index in [1.54, 1.807) is 21.7 Å². The van der Waals surface area contributed by atoms with Gasteiger partial charge in [-0.2, -0.15) is 5.10 Å². The summed E-state index contributed by atoms with van der Waals surface area (Å²) in [7, 11) is 0. The predicted molar refractivity (Wildman–Crippen MR) is 89.2 cm³/mol. The fraction of sp³-hybridized carbons (Fsp3) is 0.438. The lowest BCUT2D eigenvalue weighted by molar-refractivity contribution is 0.0760. The summed E-state index contributed by atoms with van der Waals surface area (Å²) in [5.74, 6) is 0.485. The molecule has 2 aromatic rings. The van der Waals surface area contributed by atoms with Gasteiger partial charge in [-0.25, -0.2) is 9.67 Å². The molecular weight excluding hydrogens is 314 g/mol. The Balaban J connectivity index is 1.94. The van der Waals surface area contributed by atoms with Crippen LogP contribution in [0.15, 0.2) is 18.2 Å². The van der Waals surface area contributed by atoms with Crippen LogP contribution in [0, 0.1) is 13.8 Å². The molecule has 0 aromatic carbocycles. The van der Waals surface area contributed by atoms with Gasteiger partial charge in [0.15, 0.2) is 5.82 Å². The predicted octanol–water partition coefficient (Wildman–Crippen LogP) is 1.97. The maximum absolute atomic E-state index is 12.8. The summed E-state index contributed by atoms with van der Waals surface area (Å²) in [4.78, 5) is 19.1. The van der Waals surface area contributed by atoms with Crippen molar-refractivity contribution in [2.45, 2.75) is 20.3 Å². The first-order valence-electron chi connectivity index (χ1n) is 7.76. The van der Waals surface area contributed by atoms with Crippen LogP contribution in [-0.2, 0) is 0 Å². The van der Waals surface area contributed by atoms with Gasteiger partial charge in [0.25, 0.3) is 5.91 Å². The van der Waals surface area contributed by atoms with Gasteiger partial charge in [-0.1, -0.05) is 11.6 Å². The van der Waals surface area contributed by atoms with Crippen molar-refractivity contribution < 1.29 is 4.79 Å². The number of carbonyl (C=O) groups is 1. The molecule has 122 valence electrons. The topological polar surface area (TPSA) is 63.1 Å². The molecule has 0 unspecified atom stereocenters.